The van der Waals surface area contributed by atoms with Gasteiger partial charge in [0.05, 0.1) is 5.92 Å². The summed E-state index contributed by atoms with van der Waals surface area (Å²) in [5, 5.41) is 0. The van der Waals surface area contributed by atoms with Gasteiger partial charge in [0.25, 0.3) is 0 Å². The Morgan fingerprint density at radius 2 is 1.73 bits per heavy atom. The first-order chi connectivity index (χ1) is 7.20. The van der Waals surface area contributed by atoms with E-state index < -0.39 is 0 Å². The molecule has 1 rings (SSSR count). The van der Waals surface area contributed by atoms with Gasteiger partial charge in [-0.1, -0.05) is 30.3 Å². The zero-order valence-electron chi connectivity index (χ0n) is 9.73. The zero-order chi connectivity index (χ0) is 11.3. The molecule has 1 atom stereocenters. The van der Waals surface area contributed by atoms with Crippen LogP contribution in [-0.2, 0) is 4.79 Å². The molecule has 0 aliphatic carbocycles. The van der Waals surface area contributed by atoms with Gasteiger partial charge in [-0.2, -0.15) is 0 Å². The lowest BCUT2D eigenvalue weighted by molar-refractivity contribution is -0.132. The van der Waals surface area contributed by atoms with Gasteiger partial charge in [0.15, 0.2) is 0 Å². The molecule has 0 radical (unpaired) electrons. The summed E-state index contributed by atoms with van der Waals surface area (Å²) in [7, 11) is 0. The van der Waals surface area contributed by atoms with Crippen LogP contribution in [0.2, 0.25) is 0 Å². The van der Waals surface area contributed by atoms with Crippen molar-refractivity contribution in [2.45, 2.75) is 26.7 Å². The number of carbonyl (C=O) groups excluding carboxylic acids is 1. The Hall–Kier alpha value is -1.31. The molecule has 15 heavy (non-hydrogen) atoms. The molecule has 0 heterocycles. The summed E-state index contributed by atoms with van der Waals surface area (Å²) in [4.78, 5) is 13.9. The molecule has 0 saturated carbocycles. The Balaban J connectivity index is 2.76. The van der Waals surface area contributed by atoms with E-state index in [4.69, 9.17) is 0 Å². The van der Waals surface area contributed by atoms with E-state index in [1.54, 1.807) is 0 Å². The maximum Gasteiger partial charge on any atom is 0.229 e. The molecule has 1 aromatic carbocycles. The molecule has 82 valence electrons. The van der Waals surface area contributed by atoms with Crippen molar-refractivity contribution in [3.05, 3.63) is 35.9 Å². The van der Waals surface area contributed by atoms with E-state index in [9.17, 15) is 4.79 Å². The van der Waals surface area contributed by atoms with Crippen LogP contribution in [-0.4, -0.2) is 23.9 Å². The highest BCUT2D eigenvalue weighted by Crippen LogP contribution is 2.17. The molecule has 0 N–H and O–H groups in total. The van der Waals surface area contributed by atoms with Gasteiger partial charge >= 0.3 is 0 Å². The van der Waals surface area contributed by atoms with Crippen LogP contribution in [0.4, 0.5) is 0 Å². The largest absolute Gasteiger partial charge is 0.343 e. The molecular weight excluding hydrogens is 186 g/mol. The SMILES string of the molecule is CCN(CC)C(=O)[C@H](C)c1ccccc1. The van der Waals surface area contributed by atoms with Crippen molar-refractivity contribution in [1.29, 1.82) is 0 Å². The number of likely N-dealkylation sites (N-methyl/N-ethyl adjacent to an activating group) is 1. The van der Waals surface area contributed by atoms with Crippen molar-refractivity contribution in [2.75, 3.05) is 13.1 Å². The van der Waals surface area contributed by atoms with Crippen LogP contribution in [0.15, 0.2) is 30.3 Å². The van der Waals surface area contributed by atoms with Crippen LogP contribution in [0, 0.1) is 0 Å². The van der Waals surface area contributed by atoms with E-state index in [1.807, 2.05) is 56.0 Å². The van der Waals surface area contributed by atoms with Gasteiger partial charge in [-0.3, -0.25) is 4.79 Å². The van der Waals surface area contributed by atoms with Gasteiger partial charge in [0.1, 0.15) is 0 Å². The minimum absolute atomic E-state index is 0.0360. The lowest BCUT2D eigenvalue weighted by Gasteiger charge is -2.23. The van der Waals surface area contributed by atoms with E-state index in [2.05, 4.69) is 0 Å². The van der Waals surface area contributed by atoms with E-state index in [0.29, 0.717) is 0 Å². The van der Waals surface area contributed by atoms with E-state index in [1.165, 1.54) is 0 Å². The second-order valence-corrected chi connectivity index (χ2v) is 3.64. The van der Waals surface area contributed by atoms with Gasteiger partial charge in [-0.15, -0.1) is 0 Å². The summed E-state index contributed by atoms with van der Waals surface area (Å²) in [5.74, 6) is 0.178. The zero-order valence-corrected chi connectivity index (χ0v) is 9.73. The van der Waals surface area contributed by atoms with Crippen molar-refractivity contribution in [2.24, 2.45) is 0 Å². The number of amides is 1. The minimum Gasteiger partial charge on any atom is -0.343 e. The number of benzene rings is 1. The van der Waals surface area contributed by atoms with Gasteiger partial charge in [0.2, 0.25) is 5.91 Å². The van der Waals surface area contributed by atoms with Crippen molar-refractivity contribution >= 4 is 5.91 Å². The Labute approximate surface area is 91.9 Å². The third kappa shape index (κ3) is 2.82. The highest BCUT2D eigenvalue weighted by atomic mass is 16.2. The Kier molecular flexibility index (Phi) is 4.35. The molecule has 1 amide bonds. The highest BCUT2D eigenvalue weighted by molar-refractivity contribution is 5.83. The normalized spacial score (nSPS) is 12.2. The van der Waals surface area contributed by atoms with Gasteiger partial charge in [-0.25, -0.2) is 0 Å². The maximum atomic E-state index is 12.0. The third-order valence-corrected chi connectivity index (χ3v) is 2.75. The fraction of sp³-hybridized carbons (Fsp3) is 0.462. The van der Waals surface area contributed by atoms with E-state index in [0.717, 1.165) is 18.7 Å². The molecule has 0 aromatic heterocycles. The van der Waals surface area contributed by atoms with Crippen LogP contribution in [0.25, 0.3) is 0 Å². The molecule has 0 spiro atoms. The molecule has 0 aliphatic heterocycles. The van der Waals surface area contributed by atoms with Crippen molar-refractivity contribution < 1.29 is 4.79 Å². The number of nitrogens with zero attached hydrogens (tertiary/aromatic N) is 1. The van der Waals surface area contributed by atoms with E-state index in [-0.39, 0.29) is 11.8 Å². The van der Waals surface area contributed by atoms with E-state index >= 15 is 0 Å². The average Bonchev–Trinajstić information content (AvgIpc) is 2.30. The first-order valence-corrected chi connectivity index (χ1v) is 5.54. The summed E-state index contributed by atoms with van der Waals surface area (Å²) in [5.41, 5.74) is 1.09. The predicted octanol–water partition coefficient (Wildman–Crippen LogP) is 2.66. The van der Waals surface area contributed by atoms with Crippen LogP contribution in [0.1, 0.15) is 32.3 Å². The molecule has 0 fully saturated rings. The lowest BCUT2D eigenvalue weighted by Crippen LogP contribution is -2.33. The number of hydrogen-bond acceptors (Lipinski definition) is 1. The topological polar surface area (TPSA) is 20.3 Å². The smallest absolute Gasteiger partial charge is 0.229 e. The van der Waals surface area contributed by atoms with Gasteiger partial charge < -0.3 is 4.90 Å². The summed E-state index contributed by atoms with van der Waals surface area (Å²) in [6.45, 7) is 7.56. The average molecular weight is 205 g/mol. The Morgan fingerprint density at radius 3 is 2.20 bits per heavy atom. The Bertz CT molecular complexity index is 304. The van der Waals surface area contributed by atoms with Crippen LogP contribution < -0.4 is 0 Å². The summed E-state index contributed by atoms with van der Waals surface area (Å²) >= 11 is 0. The summed E-state index contributed by atoms with van der Waals surface area (Å²) in [6.07, 6.45) is 0. The van der Waals surface area contributed by atoms with Crippen LogP contribution in [0.3, 0.4) is 0 Å². The number of hydrogen-bond donors (Lipinski definition) is 0. The first-order valence-electron chi connectivity index (χ1n) is 5.54. The summed E-state index contributed by atoms with van der Waals surface area (Å²) < 4.78 is 0. The number of carbonyl (C=O) groups is 1. The molecule has 0 bridgehead atoms. The number of rotatable bonds is 4. The quantitative estimate of drug-likeness (QED) is 0.740. The molecule has 1 aromatic rings. The Morgan fingerprint density at radius 1 is 1.20 bits per heavy atom. The van der Waals surface area contributed by atoms with Crippen LogP contribution >= 0.6 is 0 Å². The van der Waals surface area contributed by atoms with Gasteiger partial charge in [-0.05, 0) is 26.3 Å². The van der Waals surface area contributed by atoms with Crippen molar-refractivity contribution in [3.63, 3.8) is 0 Å². The highest BCUT2D eigenvalue weighted by Gasteiger charge is 2.18. The predicted molar refractivity (Wildman–Crippen MR) is 62.8 cm³/mol. The molecule has 2 heteroatoms. The fourth-order valence-corrected chi connectivity index (χ4v) is 1.69. The van der Waals surface area contributed by atoms with Crippen molar-refractivity contribution in [1.82, 2.24) is 4.90 Å². The monoisotopic (exact) mass is 205 g/mol. The third-order valence-electron chi connectivity index (χ3n) is 2.75. The lowest BCUT2D eigenvalue weighted by atomic mass is 10.00. The second-order valence-electron chi connectivity index (χ2n) is 3.64. The molecule has 2 nitrogen and oxygen atoms in total. The molecule has 0 saturated heterocycles. The second kappa shape index (κ2) is 5.54. The molecule has 0 unspecified atom stereocenters. The van der Waals surface area contributed by atoms with Gasteiger partial charge in [0, 0.05) is 13.1 Å². The standard InChI is InChI=1S/C13H19NO/c1-4-14(5-2)13(15)11(3)12-9-7-6-8-10-12/h6-11H,4-5H2,1-3H3/t11-/m1/s1. The first kappa shape index (κ1) is 11.8. The molecular formula is C13H19NO. The van der Waals surface area contributed by atoms with Crippen molar-refractivity contribution in [3.8, 4) is 0 Å². The molecule has 0 aliphatic rings. The minimum atomic E-state index is -0.0360. The van der Waals surface area contributed by atoms with Crippen LogP contribution in [0.5, 0.6) is 0 Å². The summed E-state index contributed by atoms with van der Waals surface area (Å²) in [6, 6.07) is 9.93. The maximum absolute atomic E-state index is 12.0. The fourth-order valence-electron chi connectivity index (χ4n) is 1.69.